The summed E-state index contributed by atoms with van der Waals surface area (Å²) in [6.45, 7) is 3.65. The Balaban J connectivity index is 1.79. The van der Waals surface area contributed by atoms with Gasteiger partial charge in [0.2, 0.25) is 5.91 Å². The minimum atomic E-state index is -4.49. The summed E-state index contributed by atoms with van der Waals surface area (Å²) in [6.07, 6.45) is -4.49. The molecule has 1 heterocycles. The first-order valence-corrected chi connectivity index (χ1v) is 10.5. The molecule has 0 aliphatic carbocycles. The van der Waals surface area contributed by atoms with Crippen molar-refractivity contribution in [3.63, 3.8) is 0 Å². The topological polar surface area (TPSA) is 54.0 Å². The van der Waals surface area contributed by atoms with Crippen molar-refractivity contribution in [2.45, 2.75) is 26.1 Å². The van der Waals surface area contributed by atoms with Crippen LogP contribution in [0.3, 0.4) is 0 Å². The van der Waals surface area contributed by atoms with Crippen molar-refractivity contribution < 1.29 is 18.0 Å². The number of amides is 1. The molecule has 0 saturated carbocycles. The van der Waals surface area contributed by atoms with Gasteiger partial charge >= 0.3 is 6.18 Å². The van der Waals surface area contributed by atoms with Gasteiger partial charge in [0.15, 0.2) is 5.13 Å². The molecule has 3 rings (SSSR count). The molecule has 0 bridgehead atoms. The van der Waals surface area contributed by atoms with Crippen LogP contribution in [-0.2, 0) is 11.0 Å². The summed E-state index contributed by atoms with van der Waals surface area (Å²) >= 11 is 10.7. The predicted molar refractivity (Wildman–Crippen MR) is 115 cm³/mol. The lowest BCUT2D eigenvalue weighted by molar-refractivity contribution is -0.137. The molecule has 4 nitrogen and oxygen atoms in total. The number of thiazole rings is 1. The van der Waals surface area contributed by atoms with Crippen molar-refractivity contribution in [2.75, 3.05) is 10.6 Å². The number of alkyl halides is 3. The fourth-order valence-corrected chi connectivity index (χ4v) is 4.30. The predicted octanol–water partition coefficient (Wildman–Crippen LogP) is 6.81. The summed E-state index contributed by atoms with van der Waals surface area (Å²) < 4.78 is 40.3. The van der Waals surface area contributed by atoms with Crippen molar-refractivity contribution in [3.05, 3.63) is 51.5 Å². The van der Waals surface area contributed by atoms with Crippen LogP contribution >= 0.6 is 38.9 Å². The maximum absolute atomic E-state index is 12.8. The third-order valence-corrected chi connectivity index (χ3v) is 5.88. The quantitative estimate of drug-likeness (QED) is 0.400. The Bertz CT molecular complexity index is 1050. The summed E-state index contributed by atoms with van der Waals surface area (Å²) in [6, 6.07) is 7.87. The Kier molecular flexibility index (Phi) is 6.40. The zero-order valence-electron chi connectivity index (χ0n) is 15.3. The number of hydrogen-bond donors (Lipinski definition) is 2. The van der Waals surface area contributed by atoms with Gasteiger partial charge in [0.05, 0.1) is 26.5 Å². The van der Waals surface area contributed by atoms with Crippen LogP contribution in [0.2, 0.25) is 5.02 Å². The van der Waals surface area contributed by atoms with Gasteiger partial charge in [-0.15, -0.1) is 0 Å². The maximum atomic E-state index is 12.8. The molecule has 1 unspecified atom stereocenters. The van der Waals surface area contributed by atoms with Gasteiger partial charge in [-0.05, 0) is 42.3 Å². The van der Waals surface area contributed by atoms with Crippen molar-refractivity contribution >= 4 is 65.8 Å². The number of hydrogen-bond acceptors (Lipinski definition) is 4. The first kappa shape index (κ1) is 21.9. The van der Waals surface area contributed by atoms with Crippen LogP contribution in [-0.4, -0.2) is 16.9 Å². The Labute approximate surface area is 182 Å². The highest BCUT2D eigenvalue weighted by Gasteiger charge is 2.31. The molecule has 2 aromatic carbocycles. The number of fused-ring (bicyclic) bond motifs is 1. The second-order valence-corrected chi connectivity index (χ2v) is 9.03. The van der Waals surface area contributed by atoms with Crippen LogP contribution in [0.1, 0.15) is 19.4 Å². The van der Waals surface area contributed by atoms with Gasteiger partial charge < -0.3 is 10.6 Å². The lowest BCUT2D eigenvalue weighted by atomic mass is 10.0. The normalized spacial score (nSPS) is 13.0. The number of aromatic nitrogens is 1. The highest BCUT2D eigenvalue weighted by Crippen LogP contribution is 2.34. The van der Waals surface area contributed by atoms with E-state index in [4.69, 9.17) is 11.6 Å². The Morgan fingerprint density at radius 2 is 1.93 bits per heavy atom. The molecular formula is C19H16BrClF3N3OS. The number of anilines is 2. The molecule has 1 aromatic heterocycles. The number of benzene rings is 2. The lowest BCUT2D eigenvalue weighted by Crippen LogP contribution is -2.39. The molecular weight excluding hydrogens is 491 g/mol. The molecule has 0 radical (unpaired) electrons. The average molecular weight is 507 g/mol. The molecule has 154 valence electrons. The molecule has 1 atom stereocenters. The molecule has 0 spiro atoms. The van der Waals surface area contributed by atoms with Crippen LogP contribution in [0.4, 0.5) is 24.0 Å². The van der Waals surface area contributed by atoms with E-state index < -0.39 is 17.8 Å². The second kappa shape index (κ2) is 8.49. The van der Waals surface area contributed by atoms with Gasteiger partial charge in [0.25, 0.3) is 0 Å². The van der Waals surface area contributed by atoms with E-state index in [2.05, 4.69) is 31.5 Å². The van der Waals surface area contributed by atoms with Gasteiger partial charge in [-0.25, -0.2) is 4.98 Å². The SMILES string of the molecule is CC(C)C(Nc1ccc(C(F)(F)F)cc1Cl)C(=O)Nc1nc2ccc(Br)cc2s1. The first-order chi connectivity index (χ1) is 13.5. The zero-order valence-corrected chi connectivity index (χ0v) is 18.4. The Hall–Kier alpha value is -1.84. The minimum absolute atomic E-state index is 0.108. The number of nitrogens with one attached hydrogen (secondary N) is 2. The van der Waals surface area contributed by atoms with E-state index in [0.29, 0.717) is 5.13 Å². The highest BCUT2D eigenvalue weighted by molar-refractivity contribution is 9.10. The molecule has 0 aliphatic rings. The summed E-state index contributed by atoms with van der Waals surface area (Å²) in [5.74, 6) is -0.508. The standard InChI is InChI=1S/C19H16BrClF3N3OS/c1-9(2)16(25-13-5-3-10(7-12(13)21)19(22,23)24)17(28)27-18-26-14-6-4-11(20)8-15(14)29-18/h3-9,16,25H,1-2H3,(H,26,27,28). The van der Waals surface area contributed by atoms with Gasteiger partial charge in [-0.3, -0.25) is 4.79 Å². The van der Waals surface area contributed by atoms with Crippen molar-refractivity contribution in [3.8, 4) is 0 Å². The summed E-state index contributed by atoms with van der Waals surface area (Å²) in [5.41, 5.74) is 0.161. The van der Waals surface area contributed by atoms with E-state index >= 15 is 0 Å². The van der Waals surface area contributed by atoms with E-state index in [1.54, 1.807) is 0 Å². The largest absolute Gasteiger partial charge is 0.416 e. The van der Waals surface area contributed by atoms with E-state index in [1.807, 2.05) is 32.0 Å². The maximum Gasteiger partial charge on any atom is 0.416 e. The van der Waals surface area contributed by atoms with Crippen LogP contribution < -0.4 is 10.6 Å². The zero-order chi connectivity index (χ0) is 21.3. The van der Waals surface area contributed by atoms with Crippen LogP contribution in [0.5, 0.6) is 0 Å². The fourth-order valence-electron chi connectivity index (χ4n) is 2.65. The Morgan fingerprint density at radius 1 is 1.21 bits per heavy atom. The average Bonchev–Trinajstić information content (AvgIpc) is 3.00. The number of halogens is 5. The summed E-state index contributed by atoms with van der Waals surface area (Å²) in [5, 5.41) is 6.05. The number of rotatable bonds is 5. The van der Waals surface area contributed by atoms with Crippen molar-refractivity contribution in [1.82, 2.24) is 4.98 Å². The van der Waals surface area contributed by atoms with Gasteiger partial charge in [-0.2, -0.15) is 13.2 Å². The lowest BCUT2D eigenvalue weighted by Gasteiger charge is -2.23. The van der Waals surface area contributed by atoms with Crippen LogP contribution in [0, 0.1) is 5.92 Å². The monoisotopic (exact) mass is 505 g/mol. The third-order valence-electron chi connectivity index (χ3n) is 4.14. The fraction of sp³-hybridized carbons (Fsp3) is 0.263. The molecule has 0 aliphatic heterocycles. The van der Waals surface area contributed by atoms with Crippen molar-refractivity contribution in [2.24, 2.45) is 5.92 Å². The molecule has 0 saturated heterocycles. The molecule has 3 aromatic rings. The highest BCUT2D eigenvalue weighted by atomic mass is 79.9. The van der Waals surface area contributed by atoms with Gasteiger partial charge in [0.1, 0.15) is 6.04 Å². The van der Waals surface area contributed by atoms with E-state index in [1.165, 1.54) is 17.4 Å². The molecule has 0 fully saturated rings. The first-order valence-electron chi connectivity index (χ1n) is 8.55. The number of nitrogens with zero attached hydrogens (tertiary/aromatic N) is 1. The number of carbonyl (C=O) groups excluding carboxylic acids is 1. The molecule has 1 amide bonds. The molecule has 10 heteroatoms. The van der Waals surface area contributed by atoms with E-state index in [-0.39, 0.29) is 22.5 Å². The van der Waals surface area contributed by atoms with Gasteiger partial charge in [-0.1, -0.05) is 52.7 Å². The second-order valence-electron chi connectivity index (χ2n) is 6.68. The third kappa shape index (κ3) is 5.21. The summed E-state index contributed by atoms with van der Waals surface area (Å²) in [4.78, 5) is 17.2. The van der Waals surface area contributed by atoms with Crippen LogP contribution in [0.25, 0.3) is 10.2 Å². The minimum Gasteiger partial charge on any atom is -0.372 e. The number of carbonyl (C=O) groups is 1. The van der Waals surface area contributed by atoms with Crippen LogP contribution in [0.15, 0.2) is 40.9 Å². The van der Waals surface area contributed by atoms with E-state index in [9.17, 15) is 18.0 Å². The molecule has 2 N–H and O–H groups in total. The van der Waals surface area contributed by atoms with Crippen molar-refractivity contribution in [1.29, 1.82) is 0 Å². The van der Waals surface area contributed by atoms with E-state index in [0.717, 1.165) is 26.8 Å². The smallest absolute Gasteiger partial charge is 0.372 e. The summed E-state index contributed by atoms with van der Waals surface area (Å²) in [7, 11) is 0. The molecule has 29 heavy (non-hydrogen) atoms. The Morgan fingerprint density at radius 3 is 2.55 bits per heavy atom. The van der Waals surface area contributed by atoms with Gasteiger partial charge in [0, 0.05) is 4.47 Å².